The predicted octanol–water partition coefficient (Wildman–Crippen LogP) is 2.73. The highest BCUT2D eigenvalue weighted by Crippen LogP contribution is 2.21. The Bertz CT molecular complexity index is 505. The number of ether oxygens (including phenoxy) is 1. The smallest absolute Gasteiger partial charge is 0.126 e. The number of aromatic nitrogens is 1. The van der Waals surface area contributed by atoms with Crippen molar-refractivity contribution in [2.24, 2.45) is 5.73 Å². The third-order valence-corrected chi connectivity index (χ3v) is 2.94. The van der Waals surface area contributed by atoms with Crippen LogP contribution in [0, 0.1) is 5.82 Å². The summed E-state index contributed by atoms with van der Waals surface area (Å²) in [7, 11) is 0. The monoisotopic (exact) mass is 260 g/mol. The number of nitrogens with zero attached hydrogens (tertiary/aromatic N) is 1. The molecule has 0 amide bonds. The van der Waals surface area contributed by atoms with Crippen LogP contribution in [0.2, 0.25) is 0 Å². The van der Waals surface area contributed by atoms with Gasteiger partial charge in [0.2, 0.25) is 0 Å². The van der Waals surface area contributed by atoms with Crippen molar-refractivity contribution in [1.29, 1.82) is 0 Å². The van der Waals surface area contributed by atoms with Crippen LogP contribution >= 0.6 is 0 Å². The minimum Gasteiger partial charge on any atom is -0.493 e. The number of rotatable bonds is 6. The average molecular weight is 260 g/mol. The molecule has 2 aromatic rings. The maximum absolute atomic E-state index is 13.1. The van der Waals surface area contributed by atoms with E-state index in [0.717, 1.165) is 12.0 Å². The summed E-state index contributed by atoms with van der Waals surface area (Å²) in [6, 6.07) is 10.1. The zero-order valence-electron chi connectivity index (χ0n) is 10.6. The molecule has 1 aromatic carbocycles. The summed E-state index contributed by atoms with van der Waals surface area (Å²) >= 11 is 0. The van der Waals surface area contributed by atoms with Crippen molar-refractivity contribution < 1.29 is 9.13 Å². The van der Waals surface area contributed by atoms with Crippen LogP contribution in [0.3, 0.4) is 0 Å². The molecule has 0 aliphatic rings. The van der Waals surface area contributed by atoms with Gasteiger partial charge in [-0.15, -0.1) is 0 Å². The van der Waals surface area contributed by atoms with E-state index in [1.54, 1.807) is 24.5 Å². The molecule has 0 saturated heterocycles. The van der Waals surface area contributed by atoms with E-state index in [9.17, 15) is 4.39 Å². The highest BCUT2D eigenvalue weighted by Gasteiger charge is 2.11. The molecule has 100 valence electrons. The van der Waals surface area contributed by atoms with E-state index in [4.69, 9.17) is 10.5 Å². The van der Waals surface area contributed by atoms with Crippen LogP contribution in [-0.4, -0.2) is 18.1 Å². The maximum atomic E-state index is 13.1. The van der Waals surface area contributed by atoms with Crippen LogP contribution in [0.4, 0.5) is 4.39 Å². The lowest BCUT2D eigenvalue weighted by Gasteiger charge is -2.17. The molecular weight excluding hydrogens is 243 g/mol. The van der Waals surface area contributed by atoms with Gasteiger partial charge in [-0.1, -0.05) is 6.07 Å². The predicted molar refractivity (Wildman–Crippen MR) is 72.5 cm³/mol. The normalized spacial score (nSPS) is 12.1. The molecule has 19 heavy (non-hydrogen) atoms. The molecule has 0 aliphatic carbocycles. The largest absolute Gasteiger partial charge is 0.493 e. The Morgan fingerprint density at radius 1 is 1.21 bits per heavy atom. The Hall–Kier alpha value is -1.94. The van der Waals surface area contributed by atoms with Crippen LogP contribution in [0.25, 0.3) is 0 Å². The SMILES string of the molecule is NCCC(COc1cccc(F)c1)c1ccncc1. The molecule has 0 spiro atoms. The molecule has 4 heteroatoms. The first-order valence-electron chi connectivity index (χ1n) is 6.28. The summed E-state index contributed by atoms with van der Waals surface area (Å²) in [5.41, 5.74) is 6.76. The lowest BCUT2D eigenvalue weighted by Crippen LogP contribution is -2.15. The second-order valence-electron chi connectivity index (χ2n) is 4.32. The van der Waals surface area contributed by atoms with Gasteiger partial charge in [0.05, 0.1) is 6.61 Å². The fourth-order valence-corrected chi connectivity index (χ4v) is 1.94. The summed E-state index contributed by atoms with van der Waals surface area (Å²) in [6.07, 6.45) is 4.32. The summed E-state index contributed by atoms with van der Waals surface area (Å²) in [5, 5.41) is 0. The third kappa shape index (κ3) is 4.03. The van der Waals surface area contributed by atoms with E-state index >= 15 is 0 Å². The number of hydrogen-bond acceptors (Lipinski definition) is 3. The molecule has 2 rings (SSSR count). The number of nitrogens with two attached hydrogens (primary N) is 1. The van der Waals surface area contributed by atoms with E-state index < -0.39 is 0 Å². The van der Waals surface area contributed by atoms with Crippen molar-refractivity contribution in [1.82, 2.24) is 4.98 Å². The fourth-order valence-electron chi connectivity index (χ4n) is 1.94. The lowest BCUT2D eigenvalue weighted by atomic mass is 9.98. The third-order valence-electron chi connectivity index (χ3n) is 2.94. The molecule has 1 aromatic heterocycles. The van der Waals surface area contributed by atoms with Crippen molar-refractivity contribution >= 4 is 0 Å². The first-order chi connectivity index (χ1) is 9.29. The molecule has 1 atom stereocenters. The van der Waals surface area contributed by atoms with E-state index in [1.165, 1.54) is 12.1 Å². The van der Waals surface area contributed by atoms with E-state index in [1.807, 2.05) is 12.1 Å². The van der Waals surface area contributed by atoms with Crippen LogP contribution in [-0.2, 0) is 0 Å². The summed E-state index contributed by atoms with van der Waals surface area (Å²) in [5.74, 6) is 0.434. The van der Waals surface area contributed by atoms with Gasteiger partial charge in [0.1, 0.15) is 11.6 Å². The first-order valence-corrected chi connectivity index (χ1v) is 6.28. The number of pyridine rings is 1. The minimum atomic E-state index is -0.295. The Balaban J connectivity index is 2.01. The zero-order valence-corrected chi connectivity index (χ0v) is 10.6. The lowest BCUT2D eigenvalue weighted by molar-refractivity contribution is 0.281. The van der Waals surface area contributed by atoms with Gasteiger partial charge in [0, 0.05) is 24.4 Å². The van der Waals surface area contributed by atoms with Crippen molar-refractivity contribution in [3.05, 3.63) is 60.2 Å². The molecule has 3 nitrogen and oxygen atoms in total. The second kappa shape index (κ2) is 6.85. The summed E-state index contributed by atoms with van der Waals surface area (Å²) < 4.78 is 18.7. The van der Waals surface area contributed by atoms with Crippen LogP contribution in [0.15, 0.2) is 48.8 Å². The second-order valence-corrected chi connectivity index (χ2v) is 4.32. The van der Waals surface area contributed by atoms with Crippen molar-refractivity contribution in [3.63, 3.8) is 0 Å². The fraction of sp³-hybridized carbons (Fsp3) is 0.267. The van der Waals surface area contributed by atoms with Crippen LogP contribution < -0.4 is 10.5 Å². The molecule has 0 saturated carbocycles. The molecule has 1 heterocycles. The summed E-state index contributed by atoms with van der Waals surface area (Å²) in [6.45, 7) is 1.06. The van der Waals surface area contributed by atoms with Crippen molar-refractivity contribution in [2.45, 2.75) is 12.3 Å². The van der Waals surface area contributed by atoms with Gasteiger partial charge in [-0.3, -0.25) is 4.98 Å². The molecule has 0 radical (unpaired) electrons. The Morgan fingerprint density at radius 3 is 2.68 bits per heavy atom. The van der Waals surface area contributed by atoms with Crippen molar-refractivity contribution in [3.8, 4) is 5.75 Å². The van der Waals surface area contributed by atoms with Gasteiger partial charge in [-0.25, -0.2) is 4.39 Å². The number of benzene rings is 1. The Labute approximate surface area is 112 Å². The highest BCUT2D eigenvalue weighted by molar-refractivity contribution is 5.23. The standard InChI is InChI=1S/C15H17FN2O/c16-14-2-1-3-15(10-14)19-11-13(4-7-17)12-5-8-18-9-6-12/h1-3,5-6,8-10,13H,4,7,11,17H2. The van der Waals surface area contributed by atoms with Gasteiger partial charge in [-0.2, -0.15) is 0 Å². The Morgan fingerprint density at radius 2 is 2.00 bits per heavy atom. The molecule has 0 aliphatic heterocycles. The van der Waals surface area contributed by atoms with E-state index in [0.29, 0.717) is 18.9 Å². The van der Waals surface area contributed by atoms with Gasteiger partial charge in [-0.05, 0) is 42.8 Å². The van der Waals surface area contributed by atoms with Crippen molar-refractivity contribution in [2.75, 3.05) is 13.2 Å². The van der Waals surface area contributed by atoms with Crippen LogP contribution in [0.1, 0.15) is 17.9 Å². The molecule has 0 bridgehead atoms. The zero-order chi connectivity index (χ0) is 13.5. The van der Waals surface area contributed by atoms with E-state index in [-0.39, 0.29) is 11.7 Å². The Kier molecular flexibility index (Phi) is 4.86. The first kappa shape index (κ1) is 13.5. The quantitative estimate of drug-likeness (QED) is 0.868. The molecule has 0 fully saturated rings. The minimum absolute atomic E-state index is 0.191. The number of hydrogen-bond donors (Lipinski definition) is 1. The van der Waals surface area contributed by atoms with Gasteiger partial charge >= 0.3 is 0 Å². The highest BCUT2D eigenvalue weighted by atomic mass is 19.1. The maximum Gasteiger partial charge on any atom is 0.126 e. The van der Waals surface area contributed by atoms with Gasteiger partial charge < -0.3 is 10.5 Å². The molecule has 2 N–H and O–H groups in total. The summed E-state index contributed by atoms with van der Waals surface area (Å²) in [4.78, 5) is 4.00. The van der Waals surface area contributed by atoms with E-state index in [2.05, 4.69) is 4.98 Å². The van der Waals surface area contributed by atoms with Gasteiger partial charge in [0.25, 0.3) is 0 Å². The van der Waals surface area contributed by atoms with Crippen LogP contribution in [0.5, 0.6) is 5.75 Å². The topological polar surface area (TPSA) is 48.1 Å². The molecule has 1 unspecified atom stereocenters. The molecular formula is C15H17FN2O. The van der Waals surface area contributed by atoms with Gasteiger partial charge in [0.15, 0.2) is 0 Å². The average Bonchev–Trinajstić information content (AvgIpc) is 2.44. The number of halogens is 1.